The van der Waals surface area contributed by atoms with Crippen LogP contribution in [0.15, 0.2) is 31.0 Å². The third-order valence-corrected chi connectivity index (χ3v) is 1.53. The highest BCUT2D eigenvalue weighted by Gasteiger charge is 2.03. The molecular formula is C10H11NO. The van der Waals surface area contributed by atoms with E-state index in [-0.39, 0.29) is 5.78 Å². The maximum absolute atomic E-state index is 11.3. The van der Waals surface area contributed by atoms with Crippen LogP contribution in [0, 0.1) is 6.92 Å². The Balaban J connectivity index is 2.87. The first-order valence-corrected chi connectivity index (χ1v) is 3.81. The van der Waals surface area contributed by atoms with Gasteiger partial charge in [-0.3, -0.25) is 9.78 Å². The minimum Gasteiger partial charge on any atom is -0.292 e. The van der Waals surface area contributed by atoms with Crippen LogP contribution in [0.2, 0.25) is 0 Å². The van der Waals surface area contributed by atoms with Gasteiger partial charge < -0.3 is 0 Å². The Bertz CT molecular complexity index is 304. The molecule has 0 amide bonds. The summed E-state index contributed by atoms with van der Waals surface area (Å²) in [6, 6.07) is 3.65. The molecule has 0 fully saturated rings. The molecule has 0 spiro atoms. The van der Waals surface area contributed by atoms with Crippen molar-refractivity contribution in [3.63, 3.8) is 0 Å². The molecule has 1 aromatic rings. The number of ketones is 1. The molecule has 1 rings (SSSR count). The van der Waals surface area contributed by atoms with Gasteiger partial charge in [-0.25, -0.2) is 0 Å². The van der Waals surface area contributed by atoms with Crippen molar-refractivity contribution in [1.29, 1.82) is 0 Å². The molecule has 12 heavy (non-hydrogen) atoms. The van der Waals surface area contributed by atoms with Gasteiger partial charge in [0.1, 0.15) is 5.69 Å². The molecule has 0 radical (unpaired) electrons. The molecule has 0 saturated heterocycles. The van der Waals surface area contributed by atoms with Crippen molar-refractivity contribution < 1.29 is 4.79 Å². The molecule has 0 aliphatic carbocycles. The van der Waals surface area contributed by atoms with E-state index in [1.165, 1.54) is 0 Å². The van der Waals surface area contributed by atoms with Crippen LogP contribution in [0.1, 0.15) is 22.5 Å². The fourth-order valence-corrected chi connectivity index (χ4v) is 0.924. The Labute approximate surface area is 71.9 Å². The number of aryl methyl sites for hydroxylation is 1. The minimum absolute atomic E-state index is 0.0219. The van der Waals surface area contributed by atoms with Gasteiger partial charge in [-0.2, -0.15) is 0 Å². The average Bonchev–Trinajstić information content (AvgIpc) is 2.05. The largest absolute Gasteiger partial charge is 0.292 e. The molecule has 1 heterocycles. The van der Waals surface area contributed by atoms with Crippen molar-refractivity contribution >= 4 is 5.78 Å². The van der Waals surface area contributed by atoms with Crippen LogP contribution in [0.3, 0.4) is 0 Å². The SMILES string of the molecule is C=CCC(=O)c1cc(C)ccn1. The topological polar surface area (TPSA) is 30.0 Å². The van der Waals surface area contributed by atoms with Crippen LogP contribution in [0.4, 0.5) is 0 Å². The van der Waals surface area contributed by atoms with E-state index in [0.717, 1.165) is 5.56 Å². The first-order valence-electron chi connectivity index (χ1n) is 3.81. The fourth-order valence-electron chi connectivity index (χ4n) is 0.924. The predicted octanol–water partition coefficient (Wildman–Crippen LogP) is 2.15. The van der Waals surface area contributed by atoms with Gasteiger partial charge in [-0.05, 0) is 24.6 Å². The molecule has 2 nitrogen and oxygen atoms in total. The molecule has 0 aliphatic rings. The third-order valence-electron chi connectivity index (χ3n) is 1.53. The summed E-state index contributed by atoms with van der Waals surface area (Å²) in [5.41, 5.74) is 1.58. The van der Waals surface area contributed by atoms with Crippen LogP contribution in [0.5, 0.6) is 0 Å². The highest BCUT2D eigenvalue weighted by Crippen LogP contribution is 2.03. The first kappa shape index (κ1) is 8.65. The summed E-state index contributed by atoms with van der Waals surface area (Å²) in [5.74, 6) is 0.0219. The number of aromatic nitrogens is 1. The highest BCUT2D eigenvalue weighted by atomic mass is 16.1. The molecule has 0 bridgehead atoms. The average molecular weight is 161 g/mol. The Morgan fingerprint density at radius 3 is 3.08 bits per heavy atom. The molecule has 0 saturated carbocycles. The van der Waals surface area contributed by atoms with E-state index >= 15 is 0 Å². The van der Waals surface area contributed by atoms with Gasteiger partial charge in [0.25, 0.3) is 0 Å². The standard InChI is InChI=1S/C10H11NO/c1-3-4-10(12)9-7-8(2)5-6-11-9/h3,5-7H,1,4H2,2H3. The Kier molecular flexibility index (Phi) is 2.75. The number of pyridine rings is 1. The molecular weight excluding hydrogens is 150 g/mol. The summed E-state index contributed by atoms with van der Waals surface area (Å²) < 4.78 is 0. The second-order valence-electron chi connectivity index (χ2n) is 2.63. The van der Waals surface area contributed by atoms with E-state index in [1.54, 1.807) is 18.3 Å². The monoisotopic (exact) mass is 161 g/mol. The van der Waals surface area contributed by atoms with Gasteiger partial charge in [0.05, 0.1) is 0 Å². The smallest absolute Gasteiger partial charge is 0.184 e. The molecule has 0 aromatic carbocycles. The van der Waals surface area contributed by atoms with E-state index in [4.69, 9.17) is 0 Å². The zero-order chi connectivity index (χ0) is 8.97. The maximum atomic E-state index is 11.3. The van der Waals surface area contributed by atoms with Gasteiger partial charge in [0.15, 0.2) is 5.78 Å². The minimum atomic E-state index is 0.0219. The number of nitrogens with zero attached hydrogens (tertiary/aromatic N) is 1. The number of Topliss-reactive ketones (excluding diaryl/α,β-unsaturated/α-hetero) is 1. The highest BCUT2D eigenvalue weighted by molar-refractivity contribution is 5.95. The third kappa shape index (κ3) is 2.02. The molecule has 0 aliphatic heterocycles. The molecule has 0 unspecified atom stereocenters. The van der Waals surface area contributed by atoms with Crippen molar-refractivity contribution in [3.8, 4) is 0 Å². The van der Waals surface area contributed by atoms with E-state index in [2.05, 4.69) is 11.6 Å². The second kappa shape index (κ2) is 3.81. The summed E-state index contributed by atoms with van der Waals surface area (Å²) in [5, 5.41) is 0. The molecule has 62 valence electrons. The van der Waals surface area contributed by atoms with Crippen LogP contribution in [0.25, 0.3) is 0 Å². The number of rotatable bonds is 3. The lowest BCUT2D eigenvalue weighted by Crippen LogP contribution is -2.00. The van der Waals surface area contributed by atoms with Crippen molar-refractivity contribution in [2.75, 3.05) is 0 Å². The van der Waals surface area contributed by atoms with Crippen LogP contribution in [-0.2, 0) is 0 Å². The van der Waals surface area contributed by atoms with Crippen molar-refractivity contribution in [2.45, 2.75) is 13.3 Å². The van der Waals surface area contributed by atoms with Crippen LogP contribution in [-0.4, -0.2) is 10.8 Å². The first-order chi connectivity index (χ1) is 5.74. The summed E-state index contributed by atoms with van der Waals surface area (Å²) in [7, 11) is 0. The molecule has 2 heteroatoms. The molecule has 0 N–H and O–H groups in total. The van der Waals surface area contributed by atoms with Gasteiger partial charge >= 0.3 is 0 Å². The lowest BCUT2D eigenvalue weighted by atomic mass is 10.1. The summed E-state index contributed by atoms with van der Waals surface area (Å²) in [4.78, 5) is 15.2. The van der Waals surface area contributed by atoms with E-state index in [9.17, 15) is 4.79 Å². The van der Waals surface area contributed by atoms with Crippen molar-refractivity contribution in [1.82, 2.24) is 4.98 Å². The van der Waals surface area contributed by atoms with Gasteiger partial charge in [-0.15, -0.1) is 6.58 Å². The number of carbonyl (C=O) groups excluding carboxylic acids is 1. The van der Waals surface area contributed by atoms with Gasteiger partial charge in [-0.1, -0.05) is 6.08 Å². The predicted molar refractivity (Wildman–Crippen MR) is 48.1 cm³/mol. The number of carbonyl (C=O) groups is 1. The number of hydrogen-bond acceptors (Lipinski definition) is 2. The molecule has 0 atom stereocenters. The lowest BCUT2D eigenvalue weighted by Gasteiger charge is -1.97. The maximum Gasteiger partial charge on any atom is 0.184 e. The van der Waals surface area contributed by atoms with E-state index < -0.39 is 0 Å². The van der Waals surface area contributed by atoms with Gasteiger partial charge in [0.2, 0.25) is 0 Å². The Morgan fingerprint density at radius 1 is 1.75 bits per heavy atom. The molecule has 1 aromatic heterocycles. The number of hydrogen-bond donors (Lipinski definition) is 0. The Morgan fingerprint density at radius 2 is 2.50 bits per heavy atom. The van der Waals surface area contributed by atoms with E-state index in [1.807, 2.05) is 13.0 Å². The zero-order valence-electron chi connectivity index (χ0n) is 7.08. The van der Waals surface area contributed by atoms with Crippen LogP contribution >= 0.6 is 0 Å². The van der Waals surface area contributed by atoms with Crippen molar-refractivity contribution in [3.05, 3.63) is 42.2 Å². The summed E-state index contributed by atoms with van der Waals surface area (Å²) in [6.45, 7) is 5.44. The Hall–Kier alpha value is -1.44. The normalized spacial score (nSPS) is 9.42. The summed E-state index contributed by atoms with van der Waals surface area (Å²) in [6.07, 6.45) is 3.59. The fraction of sp³-hybridized carbons (Fsp3) is 0.200. The van der Waals surface area contributed by atoms with E-state index in [0.29, 0.717) is 12.1 Å². The van der Waals surface area contributed by atoms with Crippen molar-refractivity contribution in [2.24, 2.45) is 0 Å². The zero-order valence-corrected chi connectivity index (χ0v) is 7.08. The van der Waals surface area contributed by atoms with Crippen LogP contribution < -0.4 is 0 Å². The number of allylic oxidation sites excluding steroid dienone is 1. The lowest BCUT2D eigenvalue weighted by molar-refractivity contribution is 0.0991. The summed E-state index contributed by atoms with van der Waals surface area (Å²) >= 11 is 0. The van der Waals surface area contributed by atoms with Gasteiger partial charge in [0, 0.05) is 12.6 Å². The quantitative estimate of drug-likeness (QED) is 0.502. The second-order valence-corrected chi connectivity index (χ2v) is 2.63.